The van der Waals surface area contributed by atoms with Gasteiger partial charge in [-0.2, -0.15) is 0 Å². The van der Waals surface area contributed by atoms with Gasteiger partial charge in [0.1, 0.15) is 0 Å². The number of hydrogen-bond acceptors (Lipinski definition) is 2. The predicted molar refractivity (Wildman–Crippen MR) is 83.8 cm³/mol. The Morgan fingerprint density at radius 3 is 2.62 bits per heavy atom. The number of benzene rings is 1. The fourth-order valence-electron chi connectivity index (χ4n) is 1.94. The molecule has 1 heterocycles. The smallest absolute Gasteiger partial charge is 0.251 e. The van der Waals surface area contributed by atoms with Crippen molar-refractivity contribution in [2.75, 3.05) is 6.54 Å². The van der Waals surface area contributed by atoms with E-state index >= 15 is 0 Å². The van der Waals surface area contributed by atoms with Crippen LogP contribution in [0.3, 0.4) is 0 Å². The molecule has 0 radical (unpaired) electrons. The number of aromatic nitrogens is 1. The largest absolute Gasteiger partial charge is 0.352 e. The van der Waals surface area contributed by atoms with Gasteiger partial charge in [0.25, 0.3) is 11.5 Å². The van der Waals surface area contributed by atoms with Gasteiger partial charge in [0.2, 0.25) is 0 Å². The van der Waals surface area contributed by atoms with Crippen molar-refractivity contribution in [3.8, 4) is 0 Å². The van der Waals surface area contributed by atoms with Crippen LogP contribution in [-0.2, 0) is 13.5 Å². The molecule has 0 spiro atoms. The van der Waals surface area contributed by atoms with Crippen LogP contribution in [0.4, 0.5) is 0 Å². The first-order chi connectivity index (χ1) is 10.1. The molecule has 0 aliphatic rings. The van der Waals surface area contributed by atoms with E-state index in [2.05, 4.69) is 5.32 Å². The molecule has 0 fully saturated rings. The third kappa shape index (κ3) is 4.46. The minimum Gasteiger partial charge on any atom is -0.352 e. The SMILES string of the molecule is Cn1ccc(C(=O)NCCCc2ccc(Cl)cc2)cc1=O. The lowest BCUT2D eigenvalue weighted by atomic mass is 10.1. The molecule has 5 heteroatoms. The number of pyridine rings is 1. The summed E-state index contributed by atoms with van der Waals surface area (Å²) in [5.74, 6) is -0.219. The molecule has 2 rings (SSSR count). The molecular weight excluding hydrogens is 288 g/mol. The number of hydrogen-bond donors (Lipinski definition) is 1. The Balaban J connectivity index is 1.80. The summed E-state index contributed by atoms with van der Waals surface area (Å²) in [6.45, 7) is 0.566. The molecular formula is C16H17ClN2O2. The van der Waals surface area contributed by atoms with Gasteiger partial charge in [-0.25, -0.2) is 0 Å². The van der Waals surface area contributed by atoms with Crippen molar-refractivity contribution in [1.29, 1.82) is 0 Å². The van der Waals surface area contributed by atoms with Gasteiger partial charge in [0.15, 0.2) is 0 Å². The van der Waals surface area contributed by atoms with E-state index in [4.69, 9.17) is 11.6 Å². The first-order valence-corrected chi connectivity index (χ1v) is 7.13. The zero-order valence-electron chi connectivity index (χ0n) is 11.8. The Morgan fingerprint density at radius 1 is 1.24 bits per heavy atom. The fraction of sp³-hybridized carbons (Fsp3) is 0.250. The highest BCUT2D eigenvalue weighted by atomic mass is 35.5. The molecule has 0 atom stereocenters. The number of amides is 1. The highest BCUT2D eigenvalue weighted by molar-refractivity contribution is 6.30. The third-order valence-corrected chi connectivity index (χ3v) is 3.46. The van der Waals surface area contributed by atoms with E-state index in [0.29, 0.717) is 12.1 Å². The zero-order chi connectivity index (χ0) is 15.2. The maximum absolute atomic E-state index is 11.9. The van der Waals surface area contributed by atoms with Crippen LogP contribution in [0.15, 0.2) is 47.4 Å². The summed E-state index contributed by atoms with van der Waals surface area (Å²) >= 11 is 5.82. The Morgan fingerprint density at radius 2 is 1.95 bits per heavy atom. The van der Waals surface area contributed by atoms with Gasteiger partial charge in [0.05, 0.1) is 0 Å². The standard InChI is InChI=1S/C16H17ClN2O2/c1-19-10-8-13(11-15(19)20)16(21)18-9-2-3-12-4-6-14(17)7-5-12/h4-8,10-11H,2-3,9H2,1H3,(H,18,21). The summed E-state index contributed by atoms with van der Waals surface area (Å²) in [5, 5.41) is 3.53. The molecule has 0 saturated carbocycles. The van der Waals surface area contributed by atoms with Gasteiger partial charge in [-0.05, 0) is 36.6 Å². The third-order valence-electron chi connectivity index (χ3n) is 3.21. The lowest BCUT2D eigenvalue weighted by Crippen LogP contribution is -2.27. The van der Waals surface area contributed by atoms with Crippen molar-refractivity contribution in [3.63, 3.8) is 0 Å². The van der Waals surface area contributed by atoms with Gasteiger partial charge in [-0.15, -0.1) is 0 Å². The average molecular weight is 305 g/mol. The molecule has 21 heavy (non-hydrogen) atoms. The first kappa shape index (κ1) is 15.3. The second kappa shape index (κ2) is 7.09. The van der Waals surface area contributed by atoms with Crippen LogP contribution in [0.5, 0.6) is 0 Å². The minimum atomic E-state index is -0.219. The van der Waals surface area contributed by atoms with Crippen LogP contribution in [-0.4, -0.2) is 17.0 Å². The van der Waals surface area contributed by atoms with Crippen LogP contribution >= 0.6 is 11.6 Å². The highest BCUT2D eigenvalue weighted by Crippen LogP contribution is 2.10. The predicted octanol–water partition coefficient (Wildman–Crippen LogP) is 2.40. The monoisotopic (exact) mass is 304 g/mol. The van der Waals surface area contributed by atoms with Gasteiger partial charge < -0.3 is 9.88 Å². The number of rotatable bonds is 5. The summed E-state index contributed by atoms with van der Waals surface area (Å²) in [5.41, 5.74) is 1.38. The number of carbonyl (C=O) groups excluding carboxylic acids is 1. The van der Waals surface area contributed by atoms with Crippen LogP contribution in [0.25, 0.3) is 0 Å². The summed E-state index contributed by atoms with van der Waals surface area (Å²) in [4.78, 5) is 23.3. The van der Waals surface area contributed by atoms with E-state index in [0.717, 1.165) is 17.9 Å². The van der Waals surface area contributed by atoms with E-state index in [1.54, 1.807) is 19.3 Å². The van der Waals surface area contributed by atoms with Crippen LogP contribution in [0.2, 0.25) is 5.02 Å². The molecule has 0 bridgehead atoms. The molecule has 0 unspecified atom stereocenters. The lowest BCUT2D eigenvalue weighted by Gasteiger charge is -2.06. The van der Waals surface area contributed by atoms with E-state index in [1.807, 2.05) is 24.3 Å². The van der Waals surface area contributed by atoms with E-state index in [-0.39, 0.29) is 11.5 Å². The normalized spacial score (nSPS) is 10.4. The Kier molecular flexibility index (Phi) is 5.17. The Hall–Kier alpha value is -2.07. The van der Waals surface area contributed by atoms with Crippen LogP contribution in [0, 0.1) is 0 Å². The number of nitrogens with zero attached hydrogens (tertiary/aromatic N) is 1. The average Bonchev–Trinajstić information content (AvgIpc) is 2.48. The molecule has 1 aromatic carbocycles. The summed E-state index contributed by atoms with van der Waals surface area (Å²) in [6, 6.07) is 10.6. The van der Waals surface area contributed by atoms with E-state index in [1.165, 1.54) is 16.2 Å². The molecule has 4 nitrogen and oxygen atoms in total. The minimum absolute atomic E-state index is 0.191. The first-order valence-electron chi connectivity index (χ1n) is 6.75. The summed E-state index contributed by atoms with van der Waals surface area (Å²) in [6.07, 6.45) is 3.29. The second-order valence-electron chi connectivity index (χ2n) is 4.85. The molecule has 0 aliphatic carbocycles. The molecule has 1 aromatic heterocycles. The van der Waals surface area contributed by atoms with Gasteiger partial charge >= 0.3 is 0 Å². The quantitative estimate of drug-likeness (QED) is 0.862. The van der Waals surface area contributed by atoms with Gasteiger partial charge in [-0.1, -0.05) is 23.7 Å². The van der Waals surface area contributed by atoms with Crippen molar-refractivity contribution in [2.24, 2.45) is 7.05 Å². The number of nitrogens with one attached hydrogen (secondary N) is 1. The van der Waals surface area contributed by atoms with Crippen LogP contribution in [0.1, 0.15) is 22.3 Å². The molecule has 2 aromatic rings. The molecule has 110 valence electrons. The van der Waals surface area contributed by atoms with Crippen molar-refractivity contribution < 1.29 is 4.79 Å². The Labute approximate surface area is 128 Å². The number of aryl methyl sites for hydroxylation is 2. The lowest BCUT2D eigenvalue weighted by molar-refractivity contribution is 0.0953. The zero-order valence-corrected chi connectivity index (χ0v) is 12.6. The van der Waals surface area contributed by atoms with Crippen molar-refractivity contribution in [1.82, 2.24) is 9.88 Å². The van der Waals surface area contributed by atoms with Crippen molar-refractivity contribution >= 4 is 17.5 Å². The number of halogens is 1. The Bertz CT molecular complexity index is 677. The summed E-state index contributed by atoms with van der Waals surface area (Å²) < 4.78 is 1.43. The summed E-state index contributed by atoms with van der Waals surface area (Å²) in [7, 11) is 1.65. The van der Waals surface area contributed by atoms with E-state index < -0.39 is 0 Å². The molecule has 0 saturated heterocycles. The van der Waals surface area contributed by atoms with E-state index in [9.17, 15) is 9.59 Å². The number of carbonyl (C=O) groups is 1. The van der Waals surface area contributed by atoms with Gasteiger partial charge in [0, 0.05) is 36.4 Å². The molecule has 0 aliphatic heterocycles. The van der Waals surface area contributed by atoms with Gasteiger partial charge in [-0.3, -0.25) is 9.59 Å². The highest BCUT2D eigenvalue weighted by Gasteiger charge is 2.05. The maximum Gasteiger partial charge on any atom is 0.251 e. The molecule has 1 N–H and O–H groups in total. The maximum atomic E-state index is 11.9. The van der Waals surface area contributed by atoms with Crippen LogP contribution < -0.4 is 10.9 Å². The second-order valence-corrected chi connectivity index (χ2v) is 5.29. The molecule has 1 amide bonds. The van der Waals surface area contributed by atoms with Crippen molar-refractivity contribution in [2.45, 2.75) is 12.8 Å². The fourth-order valence-corrected chi connectivity index (χ4v) is 2.06. The van der Waals surface area contributed by atoms with Crippen molar-refractivity contribution in [3.05, 3.63) is 69.1 Å². The topological polar surface area (TPSA) is 51.1 Å².